The topological polar surface area (TPSA) is 77.0 Å². The van der Waals surface area contributed by atoms with Crippen LogP contribution < -0.4 is 14.8 Å². The van der Waals surface area contributed by atoms with Gasteiger partial charge < -0.3 is 14.8 Å². The van der Waals surface area contributed by atoms with Crippen LogP contribution in [0.1, 0.15) is 18.1 Å². The zero-order chi connectivity index (χ0) is 21.1. The van der Waals surface area contributed by atoms with Gasteiger partial charge in [0.05, 0.1) is 12.3 Å². The fourth-order valence-electron chi connectivity index (χ4n) is 3.05. The number of amidine groups is 1. The van der Waals surface area contributed by atoms with Crippen molar-refractivity contribution in [1.29, 1.82) is 0 Å². The molecule has 8 heteroatoms. The van der Waals surface area contributed by atoms with Gasteiger partial charge in [0, 0.05) is 11.1 Å². The number of fused-ring (bicyclic) bond motifs is 1. The molecule has 3 aromatic carbocycles. The largest absolute Gasteiger partial charge is 0.490 e. The Morgan fingerprint density at radius 2 is 1.73 bits per heavy atom. The van der Waals surface area contributed by atoms with Gasteiger partial charge in [-0.2, -0.15) is 8.42 Å². The van der Waals surface area contributed by atoms with Gasteiger partial charge >= 0.3 is 0 Å². The van der Waals surface area contributed by atoms with Gasteiger partial charge in [-0.1, -0.05) is 30.3 Å². The van der Waals surface area contributed by atoms with E-state index in [9.17, 15) is 12.8 Å². The molecule has 0 saturated carbocycles. The van der Waals surface area contributed by atoms with Gasteiger partial charge in [0.1, 0.15) is 17.3 Å². The van der Waals surface area contributed by atoms with Crippen molar-refractivity contribution in [3.8, 4) is 11.5 Å². The Labute approximate surface area is 174 Å². The summed E-state index contributed by atoms with van der Waals surface area (Å²) in [4.78, 5) is 0.128. The Hall–Kier alpha value is -3.39. The van der Waals surface area contributed by atoms with E-state index in [4.69, 9.17) is 9.47 Å². The molecular weight excluding hydrogens is 407 g/mol. The van der Waals surface area contributed by atoms with Crippen LogP contribution in [0.5, 0.6) is 11.5 Å². The van der Waals surface area contributed by atoms with Crippen molar-refractivity contribution in [2.24, 2.45) is 4.40 Å². The first-order valence-electron chi connectivity index (χ1n) is 9.32. The van der Waals surface area contributed by atoms with E-state index < -0.39 is 10.0 Å². The molecular formula is C22H19FN2O4S. The summed E-state index contributed by atoms with van der Waals surface area (Å²) in [6, 6.07) is 17.9. The number of benzene rings is 3. The summed E-state index contributed by atoms with van der Waals surface area (Å²) in [5.74, 6) is 0.669. The monoisotopic (exact) mass is 426 g/mol. The summed E-state index contributed by atoms with van der Waals surface area (Å²) in [7, 11) is -3.81. The average molecular weight is 426 g/mol. The van der Waals surface area contributed by atoms with Gasteiger partial charge in [0.15, 0.2) is 17.3 Å². The van der Waals surface area contributed by atoms with Crippen molar-refractivity contribution in [3.63, 3.8) is 0 Å². The van der Waals surface area contributed by atoms with Crippen molar-refractivity contribution in [1.82, 2.24) is 0 Å². The minimum Gasteiger partial charge on any atom is -0.490 e. The van der Waals surface area contributed by atoms with E-state index in [1.54, 1.807) is 54.6 Å². The lowest BCUT2D eigenvalue weighted by Gasteiger charge is -2.19. The fraction of sp³-hybridized carbons (Fsp3) is 0.136. The summed E-state index contributed by atoms with van der Waals surface area (Å²) in [5, 5.41) is 3.05. The van der Waals surface area contributed by atoms with Crippen LogP contribution in [0.15, 0.2) is 76.0 Å². The second-order valence-corrected chi connectivity index (χ2v) is 8.08. The van der Waals surface area contributed by atoms with Crippen LogP contribution in [0.2, 0.25) is 0 Å². The minimum atomic E-state index is -3.81. The van der Waals surface area contributed by atoms with E-state index in [1.807, 2.05) is 6.92 Å². The van der Waals surface area contributed by atoms with Crippen LogP contribution in [-0.2, 0) is 16.6 Å². The zero-order valence-corrected chi connectivity index (χ0v) is 16.9. The quantitative estimate of drug-likeness (QED) is 0.634. The lowest BCUT2D eigenvalue weighted by Crippen LogP contribution is -2.22. The lowest BCUT2D eigenvalue weighted by atomic mass is 10.1. The van der Waals surface area contributed by atoms with E-state index >= 15 is 0 Å². The molecule has 6 nitrogen and oxygen atoms in total. The predicted octanol–water partition coefficient (Wildman–Crippen LogP) is 4.36. The molecule has 0 bridgehead atoms. The second kappa shape index (κ2) is 8.16. The van der Waals surface area contributed by atoms with Gasteiger partial charge in [-0.15, -0.1) is 4.40 Å². The third kappa shape index (κ3) is 3.99. The van der Waals surface area contributed by atoms with Crippen LogP contribution >= 0.6 is 0 Å². The van der Waals surface area contributed by atoms with Crippen molar-refractivity contribution in [2.45, 2.75) is 18.4 Å². The van der Waals surface area contributed by atoms with Crippen LogP contribution in [0.3, 0.4) is 0 Å². The zero-order valence-electron chi connectivity index (χ0n) is 16.1. The van der Waals surface area contributed by atoms with Crippen LogP contribution in [0, 0.1) is 5.82 Å². The number of ether oxygens (including phenoxy) is 2. The number of halogens is 1. The normalized spacial score (nSPS) is 14.3. The van der Waals surface area contributed by atoms with E-state index in [2.05, 4.69) is 9.71 Å². The van der Waals surface area contributed by atoms with Crippen molar-refractivity contribution < 1.29 is 22.3 Å². The highest BCUT2D eigenvalue weighted by Crippen LogP contribution is 2.32. The molecule has 0 saturated heterocycles. The Bertz CT molecular complexity index is 1230. The molecule has 1 aliphatic heterocycles. The smallest absolute Gasteiger partial charge is 0.286 e. The number of anilines is 1. The number of para-hydroxylation sites is 1. The summed E-state index contributed by atoms with van der Waals surface area (Å²) in [5.41, 5.74) is 1.40. The number of hydrogen-bond donors (Lipinski definition) is 1. The van der Waals surface area contributed by atoms with Crippen molar-refractivity contribution in [2.75, 3.05) is 11.9 Å². The molecule has 1 heterocycles. The molecule has 0 aromatic heterocycles. The Morgan fingerprint density at radius 1 is 0.967 bits per heavy atom. The van der Waals surface area contributed by atoms with Crippen LogP contribution in [-0.4, -0.2) is 20.9 Å². The maximum absolute atomic E-state index is 13.8. The molecule has 0 aliphatic carbocycles. The molecule has 0 amide bonds. The molecule has 3 aromatic rings. The molecule has 4 rings (SSSR count). The first-order chi connectivity index (χ1) is 14.5. The Kier molecular flexibility index (Phi) is 5.41. The molecule has 30 heavy (non-hydrogen) atoms. The predicted molar refractivity (Wildman–Crippen MR) is 112 cm³/mol. The molecule has 0 radical (unpaired) electrons. The van der Waals surface area contributed by atoms with E-state index in [-0.39, 0.29) is 23.2 Å². The highest BCUT2D eigenvalue weighted by Gasteiger charge is 2.25. The number of nitrogens with zero attached hydrogens (tertiary/aromatic N) is 1. The first kappa shape index (κ1) is 19.9. The van der Waals surface area contributed by atoms with Gasteiger partial charge in [-0.05, 0) is 43.3 Å². The van der Waals surface area contributed by atoms with Gasteiger partial charge in [0.2, 0.25) is 0 Å². The van der Waals surface area contributed by atoms with Crippen LogP contribution in [0.4, 0.5) is 10.1 Å². The lowest BCUT2D eigenvalue weighted by molar-refractivity contribution is 0.266. The number of hydrogen-bond acceptors (Lipinski definition) is 5. The maximum Gasteiger partial charge on any atom is 0.286 e. The van der Waals surface area contributed by atoms with E-state index in [0.29, 0.717) is 34.9 Å². The molecule has 0 unspecified atom stereocenters. The maximum atomic E-state index is 13.8. The fourth-order valence-corrected chi connectivity index (χ4v) is 4.19. The Balaban J connectivity index is 1.64. The molecule has 1 aliphatic rings. The SMILES string of the molecule is CCOc1cc(C2=NS(=O)(=O)c3ccccc3N2)ccc1OCc1ccccc1F. The summed E-state index contributed by atoms with van der Waals surface area (Å²) in [6.07, 6.45) is 0. The Morgan fingerprint density at radius 3 is 2.53 bits per heavy atom. The molecule has 1 N–H and O–H groups in total. The molecule has 0 atom stereocenters. The summed E-state index contributed by atoms with van der Waals surface area (Å²) >= 11 is 0. The van der Waals surface area contributed by atoms with E-state index in [0.717, 1.165) is 0 Å². The van der Waals surface area contributed by atoms with Gasteiger partial charge in [-0.25, -0.2) is 4.39 Å². The second-order valence-electron chi connectivity index (χ2n) is 6.51. The van der Waals surface area contributed by atoms with Gasteiger partial charge in [-0.3, -0.25) is 0 Å². The minimum absolute atomic E-state index is 0.0348. The molecule has 0 fully saturated rings. The van der Waals surface area contributed by atoms with Gasteiger partial charge in [0.25, 0.3) is 10.0 Å². The standard InChI is InChI=1S/C22H19FN2O4S/c1-2-28-20-13-15(11-12-19(20)29-14-16-7-3-4-8-17(16)23)22-24-18-9-5-6-10-21(18)30(26,27)25-22/h3-13H,2,14H2,1H3,(H,24,25). The van der Waals surface area contributed by atoms with E-state index in [1.165, 1.54) is 12.1 Å². The van der Waals surface area contributed by atoms with Crippen molar-refractivity contribution >= 4 is 21.5 Å². The highest BCUT2D eigenvalue weighted by atomic mass is 32.2. The summed E-state index contributed by atoms with van der Waals surface area (Å²) < 4.78 is 54.2. The summed E-state index contributed by atoms with van der Waals surface area (Å²) in [6.45, 7) is 2.23. The third-order valence-corrected chi connectivity index (χ3v) is 5.82. The first-order valence-corrected chi connectivity index (χ1v) is 10.8. The molecule has 154 valence electrons. The average Bonchev–Trinajstić information content (AvgIpc) is 2.73. The number of nitrogens with one attached hydrogen (secondary N) is 1. The third-order valence-electron chi connectivity index (χ3n) is 4.49. The number of rotatable bonds is 6. The molecule has 0 spiro atoms. The van der Waals surface area contributed by atoms with Crippen molar-refractivity contribution in [3.05, 3.63) is 83.7 Å². The highest BCUT2D eigenvalue weighted by molar-refractivity contribution is 7.90. The van der Waals surface area contributed by atoms with Crippen LogP contribution in [0.25, 0.3) is 0 Å². The number of sulfonamides is 1.